The average Bonchev–Trinajstić information content (AvgIpc) is 2.59. The van der Waals surface area contributed by atoms with Crippen LogP contribution >= 0.6 is 0 Å². The molecule has 144 valence electrons. The first-order chi connectivity index (χ1) is 12.6. The average molecular weight is 379 g/mol. The second kappa shape index (κ2) is 7.17. The van der Waals surface area contributed by atoms with Crippen LogP contribution in [-0.2, 0) is 11.0 Å². The summed E-state index contributed by atoms with van der Waals surface area (Å²) in [6, 6.07) is 7.87. The Labute approximate surface area is 154 Å². The van der Waals surface area contributed by atoms with Crippen molar-refractivity contribution in [3.63, 3.8) is 0 Å². The van der Waals surface area contributed by atoms with Gasteiger partial charge < -0.3 is 10.0 Å². The molecule has 2 heterocycles. The number of anilines is 1. The molecule has 1 aliphatic heterocycles. The van der Waals surface area contributed by atoms with Crippen LogP contribution in [0.25, 0.3) is 11.3 Å². The van der Waals surface area contributed by atoms with Crippen molar-refractivity contribution < 1.29 is 23.1 Å². The van der Waals surface area contributed by atoms with E-state index in [1.54, 1.807) is 36.1 Å². The number of hydrogen-bond donors (Lipinski definition) is 1. The Bertz CT molecular complexity index is 854. The second-order valence-electron chi connectivity index (χ2n) is 6.89. The fraction of sp³-hybridized carbons (Fsp3) is 0.421. The number of carboxylic acids is 1. The van der Waals surface area contributed by atoms with Crippen molar-refractivity contribution in [2.75, 3.05) is 11.4 Å². The molecule has 1 aliphatic rings. The maximum absolute atomic E-state index is 13.3. The van der Waals surface area contributed by atoms with Gasteiger partial charge in [0.1, 0.15) is 0 Å². The fourth-order valence-corrected chi connectivity index (χ4v) is 3.05. The Balaban J connectivity index is 2.03. The number of benzene rings is 1. The summed E-state index contributed by atoms with van der Waals surface area (Å²) in [5.41, 5.74) is 0.439. The quantitative estimate of drug-likeness (QED) is 0.837. The first-order valence-electron chi connectivity index (χ1n) is 8.70. The number of aliphatic carboxylic acids is 1. The summed E-state index contributed by atoms with van der Waals surface area (Å²) in [4.78, 5) is 20.7. The molecule has 1 aromatic heterocycles. The van der Waals surface area contributed by atoms with Crippen LogP contribution in [0.2, 0.25) is 0 Å². The number of hydrogen-bond acceptors (Lipinski definition) is 4. The van der Waals surface area contributed by atoms with Gasteiger partial charge in [-0.05, 0) is 37.0 Å². The third-order valence-electron chi connectivity index (χ3n) is 4.81. The zero-order valence-electron chi connectivity index (χ0n) is 15.0. The molecule has 0 amide bonds. The topological polar surface area (TPSA) is 66.3 Å². The van der Waals surface area contributed by atoms with Crippen molar-refractivity contribution in [3.05, 3.63) is 41.6 Å². The van der Waals surface area contributed by atoms with E-state index in [-0.39, 0.29) is 30.0 Å². The van der Waals surface area contributed by atoms with Gasteiger partial charge in [0, 0.05) is 18.2 Å². The van der Waals surface area contributed by atoms with Crippen LogP contribution in [0.4, 0.5) is 19.1 Å². The van der Waals surface area contributed by atoms with Gasteiger partial charge in [-0.15, -0.1) is 0 Å². The predicted molar refractivity (Wildman–Crippen MR) is 94.6 cm³/mol. The van der Waals surface area contributed by atoms with Gasteiger partial charge in [0.15, 0.2) is 5.69 Å². The molecule has 1 N–H and O–H groups in total. The predicted octanol–water partition coefficient (Wildman–Crippen LogP) is 4.34. The molecule has 0 radical (unpaired) electrons. The highest BCUT2D eigenvalue weighted by Gasteiger charge is 2.36. The Kier molecular flexibility index (Phi) is 5.08. The van der Waals surface area contributed by atoms with Gasteiger partial charge in [-0.1, -0.05) is 25.1 Å². The maximum atomic E-state index is 13.3. The smallest absolute Gasteiger partial charge is 0.433 e. The molecule has 0 spiro atoms. The van der Waals surface area contributed by atoms with E-state index in [2.05, 4.69) is 9.97 Å². The van der Waals surface area contributed by atoms with E-state index in [9.17, 15) is 18.0 Å². The van der Waals surface area contributed by atoms with Crippen LogP contribution in [0.1, 0.15) is 43.9 Å². The molecule has 0 saturated carbocycles. The number of carboxylic acid groups (broad SMARTS) is 1. The van der Waals surface area contributed by atoms with Gasteiger partial charge in [0.05, 0.1) is 12.1 Å². The van der Waals surface area contributed by atoms with Gasteiger partial charge in [-0.2, -0.15) is 13.2 Å². The fourth-order valence-electron chi connectivity index (χ4n) is 3.05. The maximum Gasteiger partial charge on any atom is 0.433 e. The summed E-state index contributed by atoms with van der Waals surface area (Å²) in [5.74, 6) is -1.12. The molecule has 8 heteroatoms. The lowest BCUT2D eigenvalue weighted by molar-refractivity contribution is -0.141. The number of aromatic nitrogens is 2. The molecule has 1 aromatic carbocycles. The highest BCUT2D eigenvalue weighted by Crippen LogP contribution is 2.34. The minimum absolute atomic E-state index is 0.0580. The minimum atomic E-state index is -4.57. The summed E-state index contributed by atoms with van der Waals surface area (Å²) < 4.78 is 40.0. The van der Waals surface area contributed by atoms with Crippen LogP contribution in [0, 0.1) is 0 Å². The van der Waals surface area contributed by atoms with Crippen LogP contribution in [-0.4, -0.2) is 33.6 Å². The van der Waals surface area contributed by atoms with Crippen molar-refractivity contribution in [1.82, 2.24) is 9.97 Å². The van der Waals surface area contributed by atoms with Gasteiger partial charge in [-0.3, -0.25) is 4.79 Å². The van der Waals surface area contributed by atoms with E-state index in [0.29, 0.717) is 12.1 Å². The van der Waals surface area contributed by atoms with Crippen molar-refractivity contribution in [3.8, 4) is 11.3 Å². The van der Waals surface area contributed by atoms with Gasteiger partial charge in [0.2, 0.25) is 5.95 Å². The van der Waals surface area contributed by atoms with E-state index >= 15 is 0 Å². The number of rotatable bonds is 5. The van der Waals surface area contributed by atoms with E-state index in [1.165, 1.54) is 0 Å². The van der Waals surface area contributed by atoms with Gasteiger partial charge >= 0.3 is 12.1 Å². The SMILES string of the molecule is CC(CC(=O)O)c1cccc(-c2cc(C(F)(F)F)nc(N3CC[C@@H]3C)n2)c1. The van der Waals surface area contributed by atoms with Crippen LogP contribution < -0.4 is 4.90 Å². The third-order valence-corrected chi connectivity index (χ3v) is 4.81. The van der Waals surface area contributed by atoms with E-state index in [1.807, 2.05) is 6.92 Å². The molecule has 1 fully saturated rings. The molecule has 5 nitrogen and oxygen atoms in total. The first kappa shape index (κ1) is 19.1. The van der Waals surface area contributed by atoms with Crippen molar-refractivity contribution in [2.24, 2.45) is 0 Å². The molecule has 1 unspecified atom stereocenters. The van der Waals surface area contributed by atoms with Crippen LogP contribution in [0.15, 0.2) is 30.3 Å². The van der Waals surface area contributed by atoms with Gasteiger partial charge in [0.25, 0.3) is 0 Å². The van der Waals surface area contributed by atoms with E-state index in [4.69, 9.17) is 5.11 Å². The summed E-state index contributed by atoms with van der Waals surface area (Å²) in [5, 5.41) is 8.96. The lowest BCUT2D eigenvalue weighted by Gasteiger charge is -2.39. The first-order valence-corrected chi connectivity index (χ1v) is 8.70. The largest absolute Gasteiger partial charge is 0.481 e. The second-order valence-corrected chi connectivity index (χ2v) is 6.89. The van der Waals surface area contributed by atoms with E-state index in [0.717, 1.165) is 18.1 Å². The summed E-state index contributed by atoms with van der Waals surface area (Å²) in [7, 11) is 0. The zero-order chi connectivity index (χ0) is 19.8. The molecule has 0 bridgehead atoms. The van der Waals surface area contributed by atoms with Crippen molar-refractivity contribution in [1.29, 1.82) is 0 Å². The van der Waals surface area contributed by atoms with Crippen LogP contribution in [0.3, 0.4) is 0 Å². The standard InChI is InChI=1S/C19H20F3N3O2/c1-11(8-17(26)27)13-4-3-5-14(9-13)15-10-16(19(20,21)22)24-18(23-15)25-7-6-12(25)2/h3-5,9-12H,6-8H2,1-2H3,(H,26,27)/t11?,12-/m0/s1. The minimum Gasteiger partial charge on any atom is -0.481 e. The molecule has 0 aliphatic carbocycles. The monoisotopic (exact) mass is 379 g/mol. The molecule has 2 aromatic rings. The summed E-state index contributed by atoms with van der Waals surface area (Å²) >= 11 is 0. The third kappa shape index (κ3) is 4.20. The molecule has 2 atom stereocenters. The highest BCUT2D eigenvalue weighted by molar-refractivity contribution is 5.68. The molecule has 3 rings (SSSR count). The highest BCUT2D eigenvalue weighted by atomic mass is 19.4. The number of carbonyl (C=O) groups is 1. The Morgan fingerprint density at radius 1 is 1.33 bits per heavy atom. The Morgan fingerprint density at radius 3 is 2.63 bits per heavy atom. The Hall–Kier alpha value is -2.64. The van der Waals surface area contributed by atoms with Crippen molar-refractivity contribution >= 4 is 11.9 Å². The number of halogens is 3. The molecule has 27 heavy (non-hydrogen) atoms. The molecular formula is C19H20F3N3O2. The normalized spacial score (nSPS) is 18.1. The van der Waals surface area contributed by atoms with Crippen molar-refractivity contribution in [2.45, 2.75) is 44.8 Å². The lowest BCUT2D eigenvalue weighted by atomic mass is 9.95. The molecular weight excluding hydrogens is 359 g/mol. The Morgan fingerprint density at radius 2 is 2.07 bits per heavy atom. The lowest BCUT2D eigenvalue weighted by Crippen LogP contribution is -2.46. The zero-order valence-corrected chi connectivity index (χ0v) is 15.0. The van der Waals surface area contributed by atoms with Gasteiger partial charge in [-0.25, -0.2) is 9.97 Å². The van der Waals surface area contributed by atoms with Crippen LogP contribution in [0.5, 0.6) is 0 Å². The summed E-state index contributed by atoms with van der Waals surface area (Å²) in [6.07, 6.45) is -3.75. The number of nitrogens with zero attached hydrogens (tertiary/aromatic N) is 3. The summed E-state index contributed by atoms with van der Waals surface area (Å²) in [6.45, 7) is 4.31. The number of alkyl halides is 3. The van der Waals surface area contributed by atoms with E-state index < -0.39 is 17.8 Å². The molecule has 1 saturated heterocycles.